The number of para-hydroxylation sites is 1. The van der Waals surface area contributed by atoms with Gasteiger partial charge in [-0.2, -0.15) is 0 Å². The van der Waals surface area contributed by atoms with Crippen molar-refractivity contribution in [3.05, 3.63) is 41.1 Å². The van der Waals surface area contributed by atoms with Crippen LogP contribution >= 0.6 is 11.6 Å². The highest BCUT2D eigenvalue weighted by molar-refractivity contribution is 6.33. The molecule has 0 spiro atoms. The number of hydrogen-bond donors (Lipinski definition) is 1. The van der Waals surface area contributed by atoms with Gasteiger partial charge in [0.05, 0.1) is 10.7 Å². The van der Waals surface area contributed by atoms with Crippen LogP contribution in [0.5, 0.6) is 0 Å². The number of fused-ring (bicyclic) bond motifs is 5. The van der Waals surface area contributed by atoms with E-state index in [2.05, 4.69) is 30.1 Å². The van der Waals surface area contributed by atoms with Crippen molar-refractivity contribution in [1.29, 1.82) is 0 Å². The first kappa shape index (κ1) is 21.7. The van der Waals surface area contributed by atoms with E-state index in [1.54, 1.807) is 12.1 Å². The Morgan fingerprint density at radius 2 is 1.88 bits per heavy atom. The third-order valence-electron chi connectivity index (χ3n) is 9.99. The van der Waals surface area contributed by atoms with Crippen LogP contribution in [0.3, 0.4) is 0 Å². The molecule has 1 heterocycles. The molecule has 5 aliphatic rings. The lowest BCUT2D eigenvalue weighted by molar-refractivity contribution is -0.149. The first-order valence-corrected chi connectivity index (χ1v) is 13.3. The van der Waals surface area contributed by atoms with Crippen LogP contribution < -0.4 is 5.32 Å². The van der Waals surface area contributed by atoms with Crippen molar-refractivity contribution < 1.29 is 9.59 Å². The topological polar surface area (TPSA) is 49.4 Å². The molecule has 5 heteroatoms. The summed E-state index contributed by atoms with van der Waals surface area (Å²) in [6.45, 7) is 4.88. The van der Waals surface area contributed by atoms with Crippen molar-refractivity contribution in [2.75, 3.05) is 5.32 Å². The van der Waals surface area contributed by atoms with Gasteiger partial charge in [0.25, 0.3) is 0 Å². The van der Waals surface area contributed by atoms with Gasteiger partial charge in [0.2, 0.25) is 11.8 Å². The second-order valence-electron chi connectivity index (χ2n) is 11.9. The minimum absolute atomic E-state index is 0.00857. The van der Waals surface area contributed by atoms with Crippen molar-refractivity contribution in [3.8, 4) is 0 Å². The number of benzene rings is 1. The van der Waals surface area contributed by atoms with Crippen LogP contribution in [0.4, 0.5) is 5.69 Å². The van der Waals surface area contributed by atoms with Gasteiger partial charge >= 0.3 is 0 Å². The average molecular weight is 467 g/mol. The molecule has 2 amide bonds. The number of halogens is 1. The summed E-state index contributed by atoms with van der Waals surface area (Å²) in [6.07, 6.45) is 12.8. The Morgan fingerprint density at radius 1 is 1.09 bits per heavy atom. The maximum atomic E-state index is 13.7. The summed E-state index contributed by atoms with van der Waals surface area (Å²) < 4.78 is 0. The number of carbonyl (C=O) groups is 2. The molecule has 6 rings (SSSR count). The van der Waals surface area contributed by atoms with Crippen LogP contribution in [0.2, 0.25) is 5.02 Å². The number of rotatable bonds is 3. The Kier molecular flexibility index (Phi) is 5.00. The lowest BCUT2D eigenvalue weighted by atomic mass is 9.49. The molecule has 4 nitrogen and oxygen atoms in total. The number of carbonyl (C=O) groups excluding carboxylic acids is 2. The van der Waals surface area contributed by atoms with Gasteiger partial charge in [0.1, 0.15) is 5.92 Å². The summed E-state index contributed by atoms with van der Waals surface area (Å²) in [4.78, 5) is 29.3. The Balaban J connectivity index is 1.35. The molecule has 0 radical (unpaired) electrons. The molecule has 0 aromatic heterocycles. The number of piperidine rings is 1. The summed E-state index contributed by atoms with van der Waals surface area (Å²) in [5, 5.41) is 3.49. The van der Waals surface area contributed by atoms with E-state index in [1.807, 2.05) is 12.1 Å². The van der Waals surface area contributed by atoms with E-state index in [0.29, 0.717) is 34.4 Å². The fraction of sp³-hybridized carbons (Fsp3) is 0.643. The number of hydrogen-bond acceptors (Lipinski definition) is 2. The van der Waals surface area contributed by atoms with E-state index in [-0.39, 0.29) is 23.3 Å². The molecule has 1 aromatic rings. The molecule has 1 aromatic carbocycles. The van der Waals surface area contributed by atoms with Gasteiger partial charge in [-0.1, -0.05) is 50.1 Å². The Morgan fingerprint density at radius 3 is 2.64 bits per heavy atom. The normalized spacial score (nSPS) is 39.9. The molecule has 1 unspecified atom stereocenters. The van der Waals surface area contributed by atoms with Crippen LogP contribution in [0.1, 0.15) is 71.6 Å². The molecule has 33 heavy (non-hydrogen) atoms. The van der Waals surface area contributed by atoms with Gasteiger partial charge < -0.3 is 10.2 Å². The molecule has 3 saturated carbocycles. The van der Waals surface area contributed by atoms with Crippen molar-refractivity contribution in [2.24, 2.45) is 34.5 Å². The standard InChI is InChI=1S/C28H35ClN2O2/c1-27-14-5-6-20(27)18-11-12-24-28(2,21(18)13-15-27)16-19(26(33)31(24)17-9-10-17)25(32)30-23-8-4-3-7-22(23)29/h3-4,7-8,12,17-21H,5-6,9-11,13-16H2,1-2H3,(H,30,32)/t18-,19?,20-,21+,27-,28+/m0/s1. The number of anilines is 1. The second kappa shape index (κ2) is 7.60. The zero-order chi connectivity index (χ0) is 23.0. The molecule has 1 N–H and O–H groups in total. The zero-order valence-electron chi connectivity index (χ0n) is 19.8. The van der Waals surface area contributed by atoms with Crippen LogP contribution in [0.25, 0.3) is 0 Å². The fourth-order valence-electron chi connectivity index (χ4n) is 8.20. The van der Waals surface area contributed by atoms with E-state index >= 15 is 0 Å². The summed E-state index contributed by atoms with van der Waals surface area (Å²) in [7, 11) is 0. The zero-order valence-corrected chi connectivity index (χ0v) is 20.5. The molecule has 1 aliphatic heterocycles. The van der Waals surface area contributed by atoms with E-state index < -0.39 is 5.92 Å². The van der Waals surface area contributed by atoms with E-state index in [0.717, 1.165) is 25.2 Å². The molecule has 0 bridgehead atoms. The largest absolute Gasteiger partial charge is 0.324 e. The quantitative estimate of drug-likeness (QED) is 0.523. The third-order valence-corrected chi connectivity index (χ3v) is 10.3. The Bertz CT molecular complexity index is 1030. The molecular weight excluding hydrogens is 432 g/mol. The highest BCUT2D eigenvalue weighted by Gasteiger charge is 2.60. The maximum absolute atomic E-state index is 13.7. The number of likely N-dealkylation sites (tertiary alicyclic amines) is 1. The van der Waals surface area contributed by atoms with Crippen molar-refractivity contribution in [2.45, 2.75) is 77.7 Å². The lowest BCUT2D eigenvalue weighted by Crippen LogP contribution is -2.58. The predicted octanol–water partition coefficient (Wildman–Crippen LogP) is 6.42. The van der Waals surface area contributed by atoms with Gasteiger partial charge in [-0.3, -0.25) is 9.59 Å². The third kappa shape index (κ3) is 3.31. The highest BCUT2D eigenvalue weighted by atomic mass is 35.5. The number of allylic oxidation sites excluding steroid dienone is 2. The SMILES string of the molecule is C[C@@]12CCC[C@H]1[C@@H]1CC=C3N(C4CC4)C(=O)C(C(=O)Nc4ccccc4Cl)C[C@]3(C)[C@@H]1CC2. The van der Waals surface area contributed by atoms with Crippen LogP contribution in [-0.4, -0.2) is 22.8 Å². The van der Waals surface area contributed by atoms with Gasteiger partial charge in [0.15, 0.2) is 0 Å². The van der Waals surface area contributed by atoms with Crippen LogP contribution in [0.15, 0.2) is 36.0 Å². The number of nitrogens with one attached hydrogen (secondary N) is 1. The average Bonchev–Trinajstić information content (AvgIpc) is 3.54. The second-order valence-corrected chi connectivity index (χ2v) is 12.3. The molecule has 6 atom stereocenters. The van der Waals surface area contributed by atoms with E-state index in [1.165, 1.54) is 37.8 Å². The smallest absolute Gasteiger partial charge is 0.239 e. The van der Waals surface area contributed by atoms with Gasteiger partial charge in [-0.25, -0.2) is 0 Å². The fourth-order valence-corrected chi connectivity index (χ4v) is 8.38. The van der Waals surface area contributed by atoms with Crippen molar-refractivity contribution in [3.63, 3.8) is 0 Å². The number of amides is 2. The monoisotopic (exact) mass is 466 g/mol. The minimum atomic E-state index is -0.653. The van der Waals surface area contributed by atoms with E-state index in [9.17, 15) is 9.59 Å². The van der Waals surface area contributed by atoms with Gasteiger partial charge in [0, 0.05) is 17.2 Å². The Labute approximate surface area is 202 Å². The molecular formula is C28H35ClN2O2. The first-order valence-electron chi connectivity index (χ1n) is 12.9. The molecule has 4 fully saturated rings. The number of nitrogens with zero attached hydrogens (tertiary/aromatic N) is 1. The van der Waals surface area contributed by atoms with Crippen LogP contribution in [-0.2, 0) is 9.59 Å². The minimum Gasteiger partial charge on any atom is -0.324 e. The van der Waals surface area contributed by atoms with Gasteiger partial charge in [-0.15, -0.1) is 0 Å². The van der Waals surface area contributed by atoms with Crippen LogP contribution in [0, 0.1) is 34.5 Å². The summed E-state index contributed by atoms with van der Waals surface area (Å²) >= 11 is 6.31. The Hall–Kier alpha value is -1.81. The first-order chi connectivity index (χ1) is 15.8. The molecule has 4 aliphatic carbocycles. The highest BCUT2D eigenvalue weighted by Crippen LogP contribution is 2.65. The van der Waals surface area contributed by atoms with Gasteiger partial charge in [-0.05, 0) is 86.7 Å². The van der Waals surface area contributed by atoms with Crippen molar-refractivity contribution >= 4 is 29.1 Å². The summed E-state index contributed by atoms with van der Waals surface area (Å²) in [6, 6.07) is 7.55. The van der Waals surface area contributed by atoms with E-state index in [4.69, 9.17) is 11.6 Å². The summed E-state index contributed by atoms with van der Waals surface area (Å²) in [5.74, 6) is 1.15. The molecule has 1 saturated heterocycles. The predicted molar refractivity (Wildman–Crippen MR) is 131 cm³/mol. The van der Waals surface area contributed by atoms with Crippen molar-refractivity contribution in [1.82, 2.24) is 4.90 Å². The summed E-state index contributed by atoms with van der Waals surface area (Å²) in [5.41, 5.74) is 2.19. The maximum Gasteiger partial charge on any atom is 0.239 e. The molecule has 176 valence electrons. The lowest BCUT2D eigenvalue weighted by Gasteiger charge is -2.59.